The third-order valence-electron chi connectivity index (χ3n) is 5.73. The number of furan rings is 1. The first-order valence-corrected chi connectivity index (χ1v) is 10.9. The van der Waals surface area contributed by atoms with Gasteiger partial charge in [-0.25, -0.2) is 4.98 Å². The quantitative estimate of drug-likeness (QED) is 0.238. The normalized spacial score (nSPS) is 19.4. The fraction of sp³-hybridized carbons (Fsp3) is 0.435. The van der Waals surface area contributed by atoms with E-state index in [1.165, 1.54) is 5.56 Å². The zero-order valence-corrected chi connectivity index (χ0v) is 21.0. The Balaban J connectivity index is 0.00000289. The third-order valence-corrected chi connectivity index (χ3v) is 5.73. The second-order valence-corrected chi connectivity index (χ2v) is 8.00. The van der Waals surface area contributed by atoms with Gasteiger partial charge in [0, 0.05) is 45.2 Å². The predicted octanol–water partition coefficient (Wildman–Crippen LogP) is 3.44. The summed E-state index contributed by atoms with van der Waals surface area (Å²) in [4.78, 5) is 11.4. The summed E-state index contributed by atoms with van der Waals surface area (Å²) in [6.45, 7) is 5.12. The van der Waals surface area contributed by atoms with Crippen LogP contribution in [0.4, 0.5) is 0 Å². The predicted molar refractivity (Wildman–Crippen MR) is 137 cm³/mol. The van der Waals surface area contributed by atoms with Crippen molar-refractivity contribution in [3.8, 4) is 11.6 Å². The molecular formula is C23H32IN7O. The van der Waals surface area contributed by atoms with E-state index in [4.69, 9.17) is 4.42 Å². The van der Waals surface area contributed by atoms with Crippen molar-refractivity contribution in [3.63, 3.8) is 0 Å². The van der Waals surface area contributed by atoms with Crippen LogP contribution < -0.4 is 10.6 Å². The highest BCUT2D eigenvalue weighted by Gasteiger charge is 2.25. The summed E-state index contributed by atoms with van der Waals surface area (Å²) in [5.74, 6) is 2.90. The second-order valence-electron chi connectivity index (χ2n) is 8.00. The Labute approximate surface area is 206 Å². The number of piperidine rings is 1. The van der Waals surface area contributed by atoms with Crippen molar-refractivity contribution in [1.82, 2.24) is 30.7 Å². The van der Waals surface area contributed by atoms with E-state index in [0.717, 1.165) is 50.7 Å². The number of rotatable bonds is 7. The number of aliphatic imine (C=N–C) groups is 1. The van der Waals surface area contributed by atoms with Gasteiger partial charge in [0.15, 0.2) is 11.7 Å². The molecule has 1 saturated heterocycles. The number of hydrogen-bond acceptors (Lipinski definition) is 5. The maximum absolute atomic E-state index is 5.33. The van der Waals surface area contributed by atoms with Crippen molar-refractivity contribution in [2.45, 2.75) is 44.8 Å². The maximum atomic E-state index is 5.33. The van der Waals surface area contributed by atoms with Crippen molar-refractivity contribution in [3.05, 3.63) is 60.1 Å². The molecule has 2 aromatic heterocycles. The third kappa shape index (κ3) is 6.55. The Morgan fingerprint density at radius 1 is 1.25 bits per heavy atom. The van der Waals surface area contributed by atoms with Crippen LogP contribution in [0, 0.1) is 0 Å². The molecule has 1 aliphatic heterocycles. The van der Waals surface area contributed by atoms with Gasteiger partial charge in [0.1, 0.15) is 5.82 Å². The molecular weight excluding hydrogens is 517 g/mol. The topological polar surface area (TPSA) is 94.4 Å². The fourth-order valence-electron chi connectivity index (χ4n) is 4.02. The lowest BCUT2D eigenvalue weighted by Crippen LogP contribution is -2.51. The molecule has 2 unspecified atom stereocenters. The number of hydrogen-bond donors (Lipinski definition) is 3. The lowest BCUT2D eigenvalue weighted by atomic mass is 9.97. The number of nitrogens with one attached hydrogen (secondary N) is 3. The van der Waals surface area contributed by atoms with Crippen molar-refractivity contribution in [2.24, 2.45) is 4.99 Å². The first-order valence-electron chi connectivity index (χ1n) is 10.9. The van der Waals surface area contributed by atoms with Crippen LogP contribution in [-0.4, -0.2) is 58.3 Å². The van der Waals surface area contributed by atoms with E-state index >= 15 is 0 Å². The molecule has 2 atom stereocenters. The summed E-state index contributed by atoms with van der Waals surface area (Å²) < 4.78 is 5.33. The van der Waals surface area contributed by atoms with Crippen LogP contribution in [-0.2, 0) is 13.0 Å². The second kappa shape index (κ2) is 12.0. The van der Waals surface area contributed by atoms with Gasteiger partial charge in [0.2, 0.25) is 5.82 Å². The van der Waals surface area contributed by atoms with Crippen LogP contribution in [0.25, 0.3) is 11.6 Å². The van der Waals surface area contributed by atoms with Gasteiger partial charge >= 0.3 is 0 Å². The highest BCUT2D eigenvalue weighted by Crippen LogP contribution is 2.20. The van der Waals surface area contributed by atoms with Crippen molar-refractivity contribution >= 4 is 29.9 Å². The minimum Gasteiger partial charge on any atom is -0.461 e. The molecule has 3 aromatic rings. The Morgan fingerprint density at radius 2 is 2.09 bits per heavy atom. The number of nitrogens with zero attached hydrogens (tertiary/aromatic N) is 4. The van der Waals surface area contributed by atoms with Gasteiger partial charge in [-0.3, -0.25) is 15.0 Å². The molecule has 0 bridgehead atoms. The number of aromatic nitrogens is 3. The highest BCUT2D eigenvalue weighted by molar-refractivity contribution is 14.0. The monoisotopic (exact) mass is 549 g/mol. The molecule has 3 N–H and O–H groups in total. The standard InChI is InChI=1S/C23H31N7O.HI/c1-17-15-19(11-13-30(17)16-18-7-4-3-5-8-18)26-23(24-2)25-12-10-21-27-22(29-28-21)20-9-6-14-31-20;/h3-9,14,17,19H,10-13,15-16H2,1-2H3,(H2,24,25,26)(H,27,28,29);1H. The van der Waals surface area contributed by atoms with E-state index in [1.54, 1.807) is 6.26 Å². The summed E-state index contributed by atoms with van der Waals surface area (Å²) in [5.41, 5.74) is 1.38. The first-order chi connectivity index (χ1) is 15.2. The number of benzene rings is 1. The largest absolute Gasteiger partial charge is 0.461 e. The number of aromatic amines is 1. The molecule has 8 nitrogen and oxygen atoms in total. The van der Waals surface area contributed by atoms with Crippen molar-refractivity contribution < 1.29 is 4.42 Å². The smallest absolute Gasteiger partial charge is 0.216 e. The van der Waals surface area contributed by atoms with Gasteiger partial charge in [-0.15, -0.1) is 24.0 Å². The number of guanidine groups is 1. The summed E-state index contributed by atoms with van der Waals surface area (Å²) in [7, 11) is 1.81. The number of H-pyrrole nitrogens is 1. The van der Waals surface area contributed by atoms with Crippen LogP contribution in [0.1, 0.15) is 31.2 Å². The Hall–Kier alpha value is -2.40. The van der Waals surface area contributed by atoms with Gasteiger partial charge in [-0.2, -0.15) is 5.10 Å². The zero-order chi connectivity index (χ0) is 21.5. The van der Waals surface area contributed by atoms with Crippen molar-refractivity contribution in [2.75, 3.05) is 20.1 Å². The Morgan fingerprint density at radius 3 is 2.81 bits per heavy atom. The lowest BCUT2D eigenvalue weighted by Gasteiger charge is -2.38. The molecule has 1 fully saturated rings. The molecule has 0 spiro atoms. The number of likely N-dealkylation sites (tertiary alicyclic amines) is 1. The van der Waals surface area contributed by atoms with E-state index in [9.17, 15) is 0 Å². The minimum absolute atomic E-state index is 0. The minimum atomic E-state index is 0. The summed E-state index contributed by atoms with van der Waals surface area (Å²) in [6, 6.07) is 15.3. The van der Waals surface area contributed by atoms with Crippen LogP contribution in [0.15, 0.2) is 58.1 Å². The van der Waals surface area contributed by atoms with E-state index < -0.39 is 0 Å². The molecule has 1 aromatic carbocycles. The van der Waals surface area contributed by atoms with Gasteiger partial charge in [-0.1, -0.05) is 30.3 Å². The van der Waals surface area contributed by atoms with Gasteiger partial charge < -0.3 is 15.1 Å². The molecule has 1 aliphatic rings. The van der Waals surface area contributed by atoms with Crippen LogP contribution >= 0.6 is 24.0 Å². The zero-order valence-electron chi connectivity index (χ0n) is 18.6. The summed E-state index contributed by atoms with van der Waals surface area (Å²) >= 11 is 0. The fourth-order valence-corrected chi connectivity index (χ4v) is 4.02. The van der Waals surface area contributed by atoms with Crippen LogP contribution in [0.5, 0.6) is 0 Å². The van der Waals surface area contributed by atoms with E-state index in [-0.39, 0.29) is 24.0 Å². The first kappa shape index (κ1) is 24.2. The lowest BCUT2D eigenvalue weighted by molar-refractivity contribution is 0.134. The average molecular weight is 549 g/mol. The van der Waals surface area contributed by atoms with Gasteiger partial charge in [0.05, 0.1) is 6.26 Å². The molecule has 9 heteroatoms. The van der Waals surface area contributed by atoms with Crippen molar-refractivity contribution in [1.29, 1.82) is 0 Å². The van der Waals surface area contributed by atoms with E-state index in [2.05, 4.69) is 73.0 Å². The summed E-state index contributed by atoms with van der Waals surface area (Å²) in [6.07, 6.45) is 4.55. The summed E-state index contributed by atoms with van der Waals surface area (Å²) in [5, 5.41) is 14.2. The average Bonchev–Trinajstić information content (AvgIpc) is 3.48. The van der Waals surface area contributed by atoms with E-state index in [0.29, 0.717) is 23.7 Å². The van der Waals surface area contributed by atoms with E-state index in [1.807, 2.05) is 19.2 Å². The SMILES string of the molecule is CN=C(NCCc1nc(-c2ccco2)n[nH]1)NC1CCN(Cc2ccccc2)C(C)C1.I. The van der Waals surface area contributed by atoms with Crippen LogP contribution in [0.2, 0.25) is 0 Å². The molecule has 3 heterocycles. The molecule has 0 amide bonds. The van der Waals surface area contributed by atoms with Gasteiger partial charge in [0.25, 0.3) is 0 Å². The highest BCUT2D eigenvalue weighted by atomic mass is 127. The van der Waals surface area contributed by atoms with Crippen LogP contribution in [0.3, 0.4) is 0 Å². The molecule has 4 rings (SSSR count). The molecule has 0 aliphatic carbocycles. The maximum Gasteiger partial charge on any atom is 0.216 e. The molecule has 32 heavy (non-hydrogen) atoms. The molecule has 0 saturated carbocycles. The number of halogens is 1. The van der Waals surface area contributed by atoms with Gasteiger partial charge in [-0.05, 0) is 37.5 Å². The Kier molecular flexibility index (Phi) is 9.10. The Bertz CT molecular complexity index is 958. The molecule has 0 radical (unpaired) electrons. The molecule has 172 valence electrons.